The number of aromatic nitrogens is 2. The molecule has 1 aromatic heterocycles. The van der Waals surface area contributed by atoms with Crippen molar-refractivity contribution in [3.05, 3.63) is 28.8 Å². The summed E-state index contributed by atoms with van der Waals surface area (Å²) in [5.74, 6) is -0.322. The van der Waals surface area contributed by atoms with Crippen LogP contribution in [0.15, 0.2) is 12.1 Å². The van der Waals surface area contributed by atoms with Crippen LogP contribution in [-0.4, -0.2) is 17.1 Å². The fraction of sp³-hybridized carbons (Fsp3) is 0.200. The lowest BCUT2D eigenvalue weighted by molar-refractivity contribution is 0.387. The number of fused-ring (bicyclic) bond motifs is 1. The normalized spacial score (nSPS) is 10.7. The van der Waals surface area contributed by atoms with Crippen molar-refractivity contribution in [3.63, 3.8) is 0 Å². The van der Waals surface area contributed by atoms with Gasteiger partial charge < -0.3 is 4.74 Å². The van der Waals surface area contributed by atoms with Crippen molar-refractivity contribution in [1.29, 1.82) is 0 Å². The Hall–Kier alpha value is -1.42. The van der Waals surface area contributed by atoms with Crippen molar-refractivity contribution in [2.75, 3.05) is 7.11 Å². The standard InChI is InChI=1S/C10H8ClFN2O/c1-5-10(11)14-8-4-9(15-2)6(12)3-7(8)13-5/h3-4H,1-2H3. The second-order valence-electron chi connectivity index (χ2n) is 3.08. The lowest BCUT2D eigenvalue weighted by Gasteiger charge is -2.04. The van der Waals surface area contributed by atoms with Gasteiger partial charge >= 0.3 is 0 Å². The summed E-state index contributed by atoms with van der Waals surface area (Å²) < 4.78 is 18.2. The van der Waals surface area contributed by atoms with Gasteiger partial charge in [0, 0.05) is 12.1 Å². The minimum atomic E-state index is -0.457. The van der Waals surface area contributed by atoms with Crippen LogP contribution in [-0.2, 0) is 0 Å². The number of aryl methyl sites for hydroxylation is 1. The van der Waals surface area contributed by atoms with Crippen molar-refractivity contribution >= 4 is 22.6 Å². The third-order valence-corrected chi connectivity index (χ3v) is 2.41. The minimum Gasteiger partial charge on any atom is -0.494 e. The largest absolute Gasteiger partial charge is 0.494 e. The predicted molar refractivity (Wildman–Crippen MR) is 55.8 cm³/mol. The van der Waals surface area contributed by atoms with Gasteiger partial charge in [-0.25, -0.2) is 14.4 Å². The zero-order valence-corrected chi connectivity index (χ0v) is 8.97. The van der Waals surface area contributed by atoms with E-state index in [-0.39, 0.29) is 5.75 Å². The van der Waals surface area contributed by atoms with Crippen LogP contribution in [0.25, 0.3) is 11.0 Å². The quantitative estimate of drug-likeness (QED) is 0.750. The Bertz CT molecular complexity index is 530. The first kappa shape index (κ1) is 10.1. The van der Waals surface area contributed by atoms with Crippen LogP contribution in [0.3, 0.4) is 0 Å². The maximum Gasteiger partial charge on any atom is 0.167 e. The Morgan fingerprint density at radius 3 is 2.60 bits per heavy atom. The summed E-state index contributed by atoms with van der Waals surface area (Å²) in [6.07, 6.45) is 0. The van der Waals surface area contributed by atoms with Crippen molar-refractivity contribution in [1.82, 2.24) is 9.97 Å². The Labute approximate surface area is 90.9 Å². The highest BCUT2D eigenvalue weighted by Crippen LogP contribution is 2.24. The molecule has 0 bridgehead atoms. The topological polar surface area (TPSA) is 35.0 Å². The van der Waals surface area contributed by atoms with Gasteiger partial charge in [-0.15, -0.1) is 0 Å². The van der Waals surface area contributed by atoms with Crippen LogP contribution in [0.2, 0.25) is 5.15 Å². The molecule has 0 saturated carbocycles. The molecule has 0 saturated heterocycles. The highest BCUT2D eigenvalue weighted by molar-refractivity contribution is 6.30. The second kappa shape index (κ2) is 3.62. The molecule has 0 amide bonds. The molecular formula is C10H8ClFN2O. The van der Waals surface area contributed by atoms with Gasteiger partial charge in [-0.1, -0.05) is 11.6 Å². The highest BCUT2D eigenvalue weighted by atomic mass is 35.5. The van der Waals surface area contributed by atoms with E-state index in [9.17, 15) is 4.39 Å². The molecule has 5 heteroatoms. The number of hydrogen-bond donors (Lipinski definition) is 0. The summed E-state index contributed by atoms with van der Waals surface area (Å²) >= 11 is 5.81. The molecular weight excluding hydrogens is 219 g/mol. The van der Waals surface area contributed by atoms with Gasteiger partial charge in [0.25, 0.3) is 0 Å². The van der Waals surface area contributed by atoms with E-state index in [4.69, 9.17) is 16.3 Å². The minimum absolute atomic E-state index is 0.136. The molecule has 0 aliphatic heterocycles. The molecule has 0 aliphatic rings. The average molecular weight is 227 g/mol. The van der Waals surface area contributed by atoms with Crippen LogP contribution in [0.4, 0.5) is 4.39 Å². The molecule has 1 heterocycles. The second-order valence-corrected chi connectivity index (χ2v) is 3.43. The van der Waals surface area contributed by atoms with Gasteiger partial charge in [-0.2, -0.15) is 0 Å². The summed E-state index contributed by atoms with van der Waals surface area (Å²) in [7, 11) is 1.40. The first-order valence-electron chi connectivity index (χ1n) is 4.29. The molecule has 78 valence electrons. The van der Waals surface area contributed by atoms with Gasteiger partial charge in [0.2, 0.25) is 0 Å². The highest BCUT2D eigenvalue weighted by Gasteiger charge is 2.08. The first-order chi connectivity index (χ1) is 7.11. The van der Waals surface area contributed by atoms with E-state index >= 15 is 0 Å². The lowest BCUT2D eigenvalue weighted by Crippen LogP contribution is -1.94. The average Bonchev–Trinajstić information content (AvgIpc) is 2.20. The van der Waals surface area contributed by atoms with Crippen molar-refractivity contribution in [2.45, 2.75) is 6.92 Å². The van der Waals surface area contributed by atoms with Crippen LogP contribution in [0.1, 0.15) is 5.69 Å². The number of benzene rings is 1. The van der Waals surface area contributed by atoms with E-state index in [1.54, 1.807) is 6.92 Å². The van der Waals surface area contributed by atoms with Crippen LogP contribution in [0.5, 0.6) is 5.75 Å². The molecule has 0 atom stereocenters. The Balaban J connectivity index is 2.76. The molecule has 15 heavy (non-hydrogen) atoms. The number of ether oxygens (including phenoxy) is 1. The maximum atomic E-state index is 13.3. The number of halogens is 2. The fourth-order valence-electron chi connectivity index (χ4n) is 1.28. The van der Waals surface area contributed by atoms with Gasteiger partial charge in [0.05, 0.1) is 23.8 Å². The molecule has 3 nitrogen and oxygen atoms in total. The van der Waals surface area contributed by atoms with Crippen LogP contribution < -0.4 is 4.74 Å². The summed E-state index contributed by atoms with van der Waals surface area (Å²) in [5.41, 5.74) is 1.56. The molecule has 0 spiro atoms. The number of rotatable bonds is 1. The van der Waals surface area contributed by atoms with Gasteiger partial charge in [0.1, 0.15) is 0 Å². The summed E-state index contributed by atoms with van der Waals surface area (Å²) in [5, 5.41) is 0.316. The smallest absolute Gasteiger partial charge is 0.167 e. The van der Waals surface area contributed by atoms with E-state index < -0.39 is 5.82 Å². The SMILES string of the molecule is COc1cc2nc(Cl)c(C)nc2cc1F. The van der Waals surface area contributed by atoms with E-state index in [0.717, 1.165) is 0 Å². The van der Waals surface area contributed by atoms with E-state index in [0.29, 0.717) is 21.9 Å². The molecule has 0 radical (unpaired) electrons. The number of nitrogens with zero attached hydrogens (tertiary/aromatic N) is 2. The van der Waals surface area contributed by atoms with E-state index in [2.05, 4.69) is 9.97 Å². The summed E-state index contributed by atoms with van der Waals surface area (Å²) in [4.78, 5) is 8.20. The molecule has 2 aromatic rings. The monoisotopic (exact) mass is 226 g/mol. The van der Waals surface area contributed by atoms with Crippen LogP contribution in [0, 0.1) is 12.7 Å². The third-order valence-electron chi connectivity index (χ3n) is 2.05. The zero-order valence-electron chi connectivity index (χ0n) is 8.21. The van der Waals surface area contributed by atoms with Crippen molar-refractivity contribution in [2.24, 2.45) is 0 Å². The van der Waals surface area contributed by atoms with E-state index in [1.807, 2.05) is 0 Å². The molecule has 1 aromatic carbocycles. The Morgan fingerprint density at radius 1 is 1.27 bits per heavy atom. The zero-order chi connectivity index (χ0) is 11.0. The van der Waals surface area contributed by atoms with Crippen LogP contribution >= 0.6 is 11.6 Å². The summed E-state index contributed by atoms with van der Waals surface area (Å²) in [6, 6.07) is 2.76. The van der Waals surface area contributed by atoms with Gasteiger partial charge in [-0.3, -0.25) is 0 Å². The molecule has 0 unspecified atom stereocenters. The molecule has 0 fully saturated rings. The van der Waals surface area contributed by atoms with Gasteiger partial charge in [-0.05, 0) is 6.92 Å². The maximum absolute atomic E-state index is 13.3. The number of hydrogen-bond acceptors (Lipinski definition) is 3. The fourth-order valence-corrected chi connectivity index (χ4v) is 1.41. The number of methoxy groups -OCH3 is 1. The van der Waals surface area contributed by atoms with E-state index in [1.165, 1.54) is 19.2 Å². The summed E-state index contributed by atoms with van der Waals surface area (Å²) in [6.45, 7) is 1.72. The molecule has 0 aliphatic carbocycles. The van der Waals surface area contributed by atoms with Gasteiger partial charge in [0.15, 0.2) is 16.7 Å². The first-order valence-corrected chi connectivity index (χ1v) is 4.67. The Morgan fingerprint density at radius 2 is 1.93 bits per heavy atom. The Kier molecular flexibility index (Phi) is 2.44. The van der Waals surface area contributed by atoms with Crippen molar-refractivity contribution < 1.29 is 9.13 Å². The lowest BCUT2D eigenvalue weighted by atomic mass is 10.2. The third kappa shape index (κ3) is 1.72. The van der Waals surface area contributed by atoms with Crippen molar-refractivity contribution in [3.8, 4) is 5.75 Å². The predicted octanol–water partition coefficient (Wildman–Crippen LogP) is 2.74. The molecule has 0 N–H and O–H groups in total. The molecule has 2 rings (SSSR count).